The van der Waals surface area contributed by atoms with Gasteiger partial charge in [0.05, 0.1) is 16.3 Å². The summed E-state index contributed by atoms with van der Waals surface area (Å²) in [5, 5.41) is 14.8. The molecule has 1 aromatic heterocycles. The number of hydrogen-bond donors (Lipinski definition) is 1. The lowest BCUT2D eigenvalue weighted by atomic mass is 10.2. The van der Waals surface area contributed by atoms with Gasteiger partial charge in [0, 0.05) is 30.1 Å². The number of rotatable bonds is 4. The molecule has 6 heteroatoms. The van der Waals surface area contributed by atoms with E-state index in [2.05, 4.69) is 15.5 Å². The highest BCUT2D eigenvalue weighted by molar-refractivity contribution is 5.98. The van der Waals surface area contributed by atoms with Crippen LogP contribution in [0.3, 0.4) is 0 Å². The second-order valence-electron chi connectivity index (χ2n) is 3.86. The second kappa shape index (κ2) is 5.72. The van der Waals surface area contributed by atoms with Crippen LogP contribution < -0.4 is 5.43 Å². The standard InChI is InChI=1S/C13H12N4O2/c1-10(11-4-3-7-14-9-11)15-16-12-5-2-6-13(8-12)17(18)19/h2-9,16H,1H3. The first-order chi connectivity index (χ1) is 9.16. The summed E-state index contributed by atoms with van der Waals surface area (Å²) in [6.07, 6.45) is 3.39. The van der Waals surface area contributed by atoms with Gasteiger partial charge in [-0.3, -0.25) is 20.5 Å². The Labute approximate surface area is 110 Å². The zero-order valence-electron chi connectivity index (χ0n) is 10.3. The van der Waals surface area contributed by atoms with Gasteiger partial charge < -0.3 is 0 Å². The highest BCUT2D eigenvalue weighted by Gasteiger charge is 2.05. The Hall–Kier alpha value is -2.76. The van der Waals surface area contributed by atoms with E-state index in [1.807, 2.05) is 19.1 Å². The number of benzene rings is 1. The molecule has 0 amide bonds. The quantitative estimate of drug-likeness (QED) is 0.518. The molecular weight excluding hydrogens is 244 g/mol. The second-order valence-corrected chi connectivity index (χ2v) is 3.86. The Morgan fingerprint density at radius 2 is 2.21 bits per heavy atom. The van der Waals surface area contributed by atoms with Crippen LogP contribution in [-0.2, 0) is 0 Å². The van der Waals surface area contributed by atoms with Crippen LogP contribution in [0.15, 0.2) is 53.9 Å². The van der Waals surface area contributed by atoms with E-state index in [1.54, 1.807) is 24.5 Å². The van der Waals surface area contributed by atoms with Gasteiger partial charge in [-0.15, -0.1) is 0 Å². The van der Waals surface area contributed by atoms with Gasteiger partial charge in [-0.25, -0.2) is 0 Å². The van der Waals surface area contributed by atoms with Gasteiger partial charge in [-0.05, 0) is 19.1 Å². The maximum absolute atomic E-state index is 10.6. The molecule has 0 spiro atoms. The molecule has 1 N–H and O–H groups in total. The topological polar surface area (TPSA) is 80.4 Å². The Morgan fingerprint density at radius 1 is 1.37 bits per heavy atom. The normalized spacial score (nSPS) is 11.1. The maximum Gasteiger partial charge on any atom is 0.271 e. The highest BCUT2D eigenvalue weighted by atomic mass is 16.6. The lowest BCUT2D eigenvalue weighted by Crippen LogP contribution is -2.00. The lowest BCUT2D eigenvalue weighted by molar-refractivity contribution is -0.384. The summed E-state index contributed by atoms with van der Waals surface area (Å²) in [7, 11) is 0. The predicted octanol–water partition coefficient (Wildman–Crippen LogP) is 2.83. The number of nitrogens with zero attached hydrogens (tertiary/aromatic N) is 3. The molecule has 0 radical (unpaired) electrons. The van der Waals surface area contributed by atoms with E-state index in [0.717, 1.165) is 11.3 Å². The van der Waals surface area contributed by atoms with E-state index in [-0.39, 0.29) is 5.69 Å². The Kier molecular flexibility index (Phi) is 3.82. The van der Waals surface area contributed by atoms with Crippen molar-refractivity contribution in [1.82, 2.24) is 4.98 Å². The number of pyridine rings is 1. The number of nitro groups is 1. The van der Waals surface area contributed by atoms with Crippen LogP contribution >= 0.6 is 0 Å². The van der Waals surface area contributed by atoms with Crippen molar-refractivity contribution in [1.29, 1.82) is 0 Å². The molecule has 0 saturated carbocycles. The summed E-state index contributed by atoms with van der Waals surface area (Å²) in [6.45, 7) is 1.83. The maximum atomic E-state index is 10.6. The Balaban J connectivity index is 2.14. The smallest absolute Gasteiger partial charge is 0.271 e. The Morgan fingerprint density at radius 3 is 2.89 bits per heavy atom. The molecule has 96 valence electrons. The van der Waals surface area contributed by atoms with E-state index in [9.17, 15) is 10.1 Å². The van der Waals surface area contributed by atoms with E-state index in [0.29, 0.717) is 5.69 Å². The average Bonchev–Trinajstić information content (AvgIpc) is 2.46. The third-order valence-electron chi connectivity index (χ3n) is 2.49. The number of non-ortho nitro benzene ring substituents is 1. The molecule has 19 heavy (non-hydrogen) atoms. The van der Waals surface area contributed by atoms with Gasteiger partial charge in [0.25, 0.3) is 5.69 Å². The number of hydrazone groups is 1. The molecule has 0 unspecified atom stereocenters. The predicted molar refractivity (Wildman–Crippen MR) is 73.2 cm³/mol. The van der Waals surface area contributed by atoms with Gasteiger partial charge in [-0.1, -0.05) is 12.1 Å². The zero-order chi connectivity index (χ0) is 13.7. The summed E-state index contributed by atoms with van der Waals surface area (Å²) in [6, 6.07) is 9.90. The molecule has 1 aromatic carbocycles. The average molecular weight is 256 g/mol. The van der Waals surface area contributed by atoms with Crippen molar-refractivity contribution in [3.8, 4) is 0 Å². The van der Waals surface area contributed by atoms with Crippen LogP contribution in [0.5, 0.6) is 0 Å². The molecule has 6 nitrogen and oxygen atoms in total. The van der Waals surface area contributed by atoms with E-state index in [1.165, 1.54) is 12.1 Å². The molecule has 1 heterocycles. The molecule has 2 rings (SSSR count). The first-order valence-electron chi connectivity index (χ1n) is 5.62. The number of nitro benzene ring substituents is 1. The minimum atomic E-state index is -0.442. The summed E-state index contributed by atoms with van der Waals surface area (Å²) >= 11 is 0. The van der Waals surface area contributed by atoms with Gasteiger partial charge in [0.15, 0.2) is 0 Å². The SMILES string of the molecule is CC(=NNc1cccc([N+](=O)[O-])c1)c1cccnc1. The summed E-state index contributed by atoms with van der Waals surface area (Å²) in [5.41, 5.74) is 5.03. The van der Waals surface area contributed by atoms with Crippen LogP contribution in [-0.4, -0.2) is 15.6 Å². The summed E-state index contributed by atoms with van der Waals surface area (Å²) in [4.78, 5) is 14.2. The molecule has 0 saturated heterocycles. The van der Waals surface area contributed by atoms with Crippen molar-refractivity contribution >= 4 is 17.1 Å². The molecule has 0 aliphatic carbocycles. The first kappa shape index (κ1) is 12.7. The summed E-state index contributed by atoms with van der Waals surface area (Å²) in [5.74, 6) is 0. The number of aromatic nitrogens is 1. The lowest BCUT2D eigenvalue weighted by Gasteiger charge is -2.03. The first-order valence-corrected chi connectivity index (χ1v) is 5.62. The molecule has 0 fully saturated rings. The highest BCUT2D eigenvalue weighted by Crippen LogP contribution is 2.17. The fourth-order valence-electron chi connectivity index (χ4n) is 1.48. The van der Waals surface area contributed by atoms with Crippen LogP contribution in [0, 0.1) is 10.1 Å². The fourth-order valence-corrected chi connectivity index (χ4v) is 1.48. The number of nitrogens with one attached hydrogen (secondary N) is 1. The largest absolute Gasteiger partial charge is 0.278 e. The van der Waals surface area contributed by atoms with Crippen molar-refractivity contribution in [2.75, 3.05) is 5.43 Å². The monoisotopic (exact) mass is 256 g/mol. The summed E-state index contributed by atoms with van der Waals surface area (Å²) < 4.78 is 0. The molecular formula is C13H12N4O2. The van der Waals surface area contributed by atoms with Gasteiger partial charge in [-0.2, -0.15) is 5.10 Å². The minimum Gasteiger partial charge on any atom is -0.278 e. The Bertz CT molecular complexity index is 611. The number of anilines is 1. The van der Waals surface area contributed by atoms with E-state index in [4.69, 9.17) is 0 Å². The fraction of sp³-hybridized carbons (Fsp3) is 0.0769. The van der Waals surface area contributed by atoms with E-state index < -0.39 is 4.92 Å². The van der Waals surface area contributed by atoms with Crippen LogP contribution in [0.2, 0.25) is 0 Å². The van der Waals surface area contributed by atoms with E-state index >= 15 is 0 Å². The third-order valence-corrected chi connectivity index (χ3v) is 2.49. The van der Waals surface area contributed by atoms with Crippen molar-refractivity contribution in [2.45, 2.75) is 6.92 Å². The van der Waals surface area contributed by atoms with Gasteiger partial charge in [0.1, 0.15) is 0 Å². The van der Waals surface area contributed by atoms with Crippen molar-refractivity contribution in [3.63, 3.8) is 0 Å². The third kappa shape index (κ3) is 3.35. The molecule has 0 atom stereocenters. The van der Waals surface area contributed by atoms with Crippen LogP contribution in [0.1, 0.15) is 12.5 Å². The van der Waals surface area contributed by atoms with Crippen molar-refractivity contribution < 1.29 is 4.92 Å². The van der Waals surface area contributed by atoms with Crippen LogP contribution in [0.25, 0.3) is 0 Å². The van der Waals surface area contributed by atoms with Crippen molar-refractivity contribution in [3.05, 3.63) is 64.5 Å². The van der Waals surface area contributed by atoms with Crippen LogP contribution in [0.4, 0.5) is 11.4 Å². The van der Waals surface area contributed by atoms with Gasteiger partial charge in [0.2, 0.25) is 0 Å². The molecule has 0 aliphatic rings. The number of hydrogen-bond acceptors (Lipinski definition) is 5. The molecule has 0 aliphatic heterocycles. The zero-order valence-corrected chi connectivity index (χ0v) is 10.3. The molecule has 0 bridgehead atoms. The minimum absolute atomic E-state index is 0.0271. The molecule has 2 aromatic rings. The van der Waals surface area contributed by atoms with Crippen molar-refractivity contribution in [2.24, 2.45) is 5.10 Å². The van der Waals surface area contributed by atoms with Gasteiger partial charge >= 0.3 is 0 Å².